The van der Waals surface area contributed by atoms with Gasteiger partial charge in [-0.1, -0.05) is 25.1 Å². The van der Waals surface area contributed by atoms with Crippen molar-refractivity contribution in [2.24, 2.45) is 0 Å². The minimum Gasteiger partial charge on any atom is -0.368 e. The molecule has 1 N–H and O–H groups in total. The molecular weight excluding hydrogens is 302 g/mol. The van der Waals surface area contributed by atoms with Gasteiger partial charge in [-0.05, 0) is 31.4 Å². The lowest BCUT2D eigenvalue weighted by Crippen LogP contribution is -2.60. The Morgan fingerprint density at radius 1 is 1.38 bits per heavy atom. The molecule has 0 spiro atoms. The number of fused-ring (bicyclic) bond motifs is 2. The number of hydrogen-bond donors (Lipinski definition) is 1. The zero-order valence-corrected chi connectivity index (χ0v) is 14.2. The smallest absolute Gasteiger partial charge is 0.246 e. The van der Waals surface area contributed by atoms with Crippen LogP contribution in [-0.2, 0) is 16.0 Å². The minimum atomic E-state index is -0.0105. The van der Waals surface area contributed by atoms with Crippen molar-refractivity contribution in [2.45, 2.75) is 38.8 Å². The molecule has 2 atom stereocenters. The van der Waals surface area contributed by atoms with Gasteiger partial charge in [0, 0.05) is 24.2 Å². The second kappa shape index (κ2) is 6.06. The van der Waals surface area contributed by atoms with E-state index in [1.54, 1.807) is 0 Å². The van der Waals surface area contributed by atoms with Crippen molar-refractivity contribution in [3.05, 3.63) is 35.5 Å². The molecule has 2 aliphatic rings. The van der Waals surface area contributed by atoms with E-state index in [-0.39, 0.29) is 24.7 Å². The summed E-state index contributed by atoms with van der Waals surface area (Å²) in [5, 5.41) is 4.28. The number of piperidine rings is 1. The van der Waals surface area contributed by atoms with Gasteiger partial charge in [0.2, 0.25) is 5.91 Å². The van der Waals surface area contributed by atoms with E-state index in [4.69, 9.17) is 9.72 Å². The maximum absolute atomic E-state index is 11.7. The van der Waals surface area contributed by atoms with Crippen LogP contribution in [0.3, 0.4) is 0 Å². The van der Waals surface area contributed by atoms with E-state index >= 15 is 0 Å². The average molecular weight is 325 g/mol. The number of carbonyl (C=O) groups excluding carboxylic acids is 1. The van der Waals surface area contributed by atoms with Gasteiger partial charge in [-0.3, -0.25) is 9.78 Å². The molecule has 2 fully saturated rings. The topological polar surface area (TPSA) is 54.5 Å². The monoisotopic (exact) mass is 325 g/mol. The fraction of sp³-hybridized carbons (Fsp3) is 0.474. The molecule has 1 amide bonds. The molecule has 1 aromatic heterocycles. The van der Waals surface area contributed by atoms with Crippen molar-refractivity contribution in [3.8, 4) is 0 Å². The molecule has 0 radical (unpaired) electrons. The summed E-state index contributed by atoms with van der Waals surface area (Å²) in [5.41, 5.74) is 4.70. The number of aromatic nitrogens is 1. The zero-order valence-electron chi connectivity index (χ0n) is 14.2. The number of carbonyl (C=O) groups is 1. The van der Waals surface area contributed by atoms with Crippen LogP contribution < -0.4 is 10.2 Å². The van der Waals surface area contributed by atoms with E-state index in [0.717, 1.165) is 37.1 Å². The predicted molar refractivity (Wildman–Crippen MR) is 94.4 cm³/mol. The molecule has 2 aromatic rings. The second-order valence-corrected chi connectivity index (χ2v) is 6.66. The van der Waals surface area contributed by atoms with E-state index in [1.807, 2.05) is 6.07 Å². The quantitative estimate of drug-likeness (QED) is 0.920. The first kappa shape index (κ1) is 15.4. The first-order valence-electron chi connectivity index (χ1n) is 8.71. The van der Waals surface area contributed by atoms with Gasteiger partial charge >= 0.3 is 0 Å². The van der Waals surface area contributed by atoms with E-state index in [1.165, 1.54) is 16.6 Å². The molecule has 0 aliphatic carbocycles. The number of morpholine rings is 1. The first-order valence-corrected chi connectivity index (χ1v) is 8.71. The molecule has 24 heavy (non-hydrogen) atoms. The van der Waals surface area contributed by atoms with Crippen molar-refractivity contribution >= 4 is 22.5 Å². The number of pyridine rings is 1. The van der Waals surface area contributed by atoms with Crippen molar-refractivity contribution < 1.29 is 9.53 Å². The van der Waals surface area contributed by atoms with Gasteiger partial charge in [0.25, 0.3) is 0 Å². The Balaban J connectivity index is 1.75. The molecule has 5 heteroatoms. The SMILES string of the molecule is CCc1nc2ccccc2c(N2CCC3OCC(=O)NC3C2)c1C. The molecule has 2 saturated heterocycles. The highest BCUT2D eigenvalue weighted by atomic mass is 16.5. The molecule has 1 aromatic carbocycles. The van der Waals surface area contributed by atoms with E-state index in [2.05, 4.69) is 42.3 Å². The van der Waals surface area contributed by atoms with Gasteiger partial charge in [0.05, 0.1) is 23.3 Å². The summed E-state index contributed by atoms with van der Waals surface area (Å²) in [5.74, 6) is -0.0105. The fourth-order valence-corrected chi connectivity index (χ4v) is 3.99. The number of rotatable bonds is 2. The summed E-state index contributed by atoms with van der Waals surface area (Å²) < 4.78 is 5.69. The van der Waals surface area contributed by atoms with Crippen molar-refractivity contribution in [1.29, 1.82) is 0 Å². The number of nitrogens with zero attached hydrogens (tertiary/aromatic N) is 2. The lowest BCUT2D eigenvalue weighted by atomic mass is 9.97. The van der Waals surface area contributed by atoms with E-state index in [0.29, 0.717) is 0 Å². The third-order valence-electron chi connectivity index (χ3n) is 5.18. The molecule has 0 bridgehead atoms. The first-order chi connectivity index (χ1) is 11.7. The van der Waals surface area contributed by atoms with Crippen molar-refractivity contribution in [3.63, 3.8) is 0 Å². The highest BCUT2D eigenvalue weighted by molar-refractivity contribution is 5.94. The van der Waals surface area contributed by atoms with E-state index < -0.39 is 0 Å². The minimum absolute atomic E-state index is 0.0105. The molecule has 2 unspecified atom stereocenters. The largest absolute Gasteiger partial charge is 0.368 e. The summed E-state index contributed by atoms with van der Waals surface area (Å²) in [6, 6.07) is 8.39. The van der Waals surface area contributed by atoms with Crippen LogP contribution in [0.4, 0.5) is 5.69 Å². The van der Waals surface area contributed by atoms with Crippen LogP contribution in [0.2, 0.25) is 0 Å². The molecule has 4 rings (SSSR count). The lowest BCUT2D eigenvalue weighted by Gasteiger charge is -2.42. The Kier molecular flexibility index (Phi) is 3.88. The maximum Gasteiger partial charge on any atom is 0.246 e. The van der Waals surface area contributed by atoms with Gasteiger partial charge in [-0.25, -0.2) is 0 Å². The van der Waals surface area contributed by atoms with Crippen LogP contribution in [0, 0.1) is 6.92 Å². The summed E-state index contributed by atoms with van der Waals surface area (Å²) in [7, 11) is 0. The third kappa shape index (κ3) is 2.53. The van der Waals surface area contributed by atoms with Crippen LogP contribution in [0.5, 0.6) is 0 Å². The van der Waals surface area contributed by atoms with Crippen LogP contribution in [0.1, 0.15) is 24.6 Å². The van der Waals surface area contributed by atoms with Crippen molar-refractivity contribution in [1.82, 2.24) is 10.3 Å². The van der Waals surface area contributed by atoms with Gasteiger partial charge in [0.1, 0.15) is 6.61 Å². The van der Waals surface area contributed by atoms with Crippen LogP contribution >= 0.6 is 0 Å². The summed E-state index contributed by atoms with van der Waals surface area (Å²) in [6.07, 6.45) is 1.99. The number of nitrogens with one attached hydrogen (secondary N) is 1. The summed E-state index contributed by atoms with van der Waals surface area (Å²) in [4.78, 5) is 18.9. The highest BCUT2D eigenvalue weighted by Crippen LogP contribution is 2.34. The lowest BCUT2D eigenvalue weighted by molar-refractivity contribution is -0.137. The zero-order chi connectivity index (χ0) is 16.7. The number of anilines is 1. The number of para-hydroxylation sites is 1. The van der Waals surface area contributed by atoms with Gasteiger partial charge in [-0.15, -0.1) is 0 Å². The Hall–Kier alpha value is -2.14. The second-order valence-electron chi connectivity index (χ2n) is 6.66. The van der Waals surface area contributed by atoms with E-state index in [9.17, 15) is 4.79 Å². The predicted octanol–water partition coefficient (Wildman–Crippen LogP) is 2.20. The normalized spacial score (nSPS) is 23.9. The number of aryl methyl sites for hydroxylation is 1. The Morgan fingerprint density at radius 2 is 2.21 bits per heavy atom. The van der Waals surface area contributed by atoms with Crippen LogP contribution in [-0.4, -0.2) is 42.7 Å². The molecule has 2 aliphatic heterocycles. The summed E-state index contributed by atoms with van der Waals surface area (Å²) in [6.45, 7) is 6.23. The summed E-state index contributed by atoms with van der Waals surface area (Å²) >= 11 is 0. The fourth-order valence-electron chi connectivity index (χ4n) is 3.99. The Morgan fingerprint density at radius 3 is 3.04 bits per heavy atom. The molecule has 0 saturated carbocycles. The standard InChI is InChI=1S/C19H23N3O2/c1-3-14-12(2)19(13-6-4-5-7-15(13)20-14)22-9-8-17-16(10-22)21-18(23)11-24-17/h4-7,16-17H,3,8-11H2,1-2H3,(H,21,23). The van der Waals surface area contributed by atoms with Gasteiger partial charge in [0.15, 0.2) is 0 Å². The molecule has 126 valence electrons. The number of ether oxygens (including phenoxy) is 1. The number of hydrogen-bond acceptors (Lipinski definition) is 4. The van der Waals surface area contributed by atoms with Crippen LogP contribution in [0.25, 0.3) is 10.9 Å². The Labute approximate surface area is 142 Å². The van der Waals surface area contributed by atoms with Gasteiger partial charge < -0.3 is 15.0 Å². The number of benzene rings is 1. The Bertz CT molecular complexity index is 790. The van der Waals surface area contributed by atoms with Crippen LogP contribution in [0.15, 0.2) is 24.3 Å². The van der Waals surface area contributed by atoms with Gasteiger partial charge in [-0.2, -0.15) is 0 Å². The number of amides is 1. The molecular formula is C19H23N3O2. The highest BCUT2D eigenvalue weighted by Gasteiger charge is 2.35. The third-order valence-corrected chi connectivity index (χ3v) is 5.18. The average Bonchev–Trinajstić information content (AvgIpc) is 2.60. The van der Waals surface area contributed by atoms with Crippen molar-refractivity contribution in [2.75, 3.05) is 24.6 Å². The molecule has 5 nitrogen and oxygen atoms in total. The maximum atomic E-state index is 11.7. The molecule has 3 heterocycles.